The van der Waals surface area contributed by atoms with Gasteiger partial charge < -0.3 is 20.1 Å². The second-order valence-corrected chi connectivity index (χ2v) is 4.14. The highest BCUT2D eigenvalue weighted by molar-refractivity contribution is 5.96. The molecule has 0 saturated carbocycles. The Hall–Kier alpha value is -1.99. The zero-order chi connectivity index (χ0) is 14.2. The molecule has 108 valence electrons. The van der Waals surface area contributed by atoms with Gasteiger partial charge in [0.05, 0.1) is 26.4 Å². The molecule has 20 heavy (non-hydrogen) atoms. The molecule has 7 nitrogen and oxygen atoms in total. The van der Waals surface area contributed by atoms with Crippen LogP contribution in [0.2, 0.25) is 0 Å². The Balaban J connectivity index is 0.00000220. The summed E-state index contributed by atoms with van der Waals surface area (Å²) in [6.07, 6.45) is 0. The van der Waals surface area contributed by atoms with E-state index in [1.165, 1.54) is 0 Å². The first-order chi connectivity index (χ1) is 9.77. The molecular weight excluding hydrogens is 262 g/mol. The lowest BCUT2D eigenvalue weighted by Gasteiger charge is -2.06. The highest BCUT2D eigenvalue weighted by atomic mass is 16.5. The van der Waals surface area contributed by atoms with Crippen LogP contribution in [0.1, 0.15) is 23.8 Å². The molecule has 2 bridgehead atoms. The third kappa shape index (κ3) is 4.29. The Kier molecular flexibility index (Phi) is 5.45. The van der Waals surface area contributed by atoms with E-state index in [0.717, 1.165) is 0 Å². The second-order valence-electron chi connectivity index (χ2n) is 4.14. The third-order valence-corrected chi connectivity index (χ3v) is 2.65. The maximum atomic E-state index is 11.8. The molecule has 0 aliphatic carbocycles. The first-order valence-corrected chi connectivity index (χ1v) is 6.46. The zero-order valence-corrected chi connectivity index (χ0v) is 11.1. The molecule has 2 amide bonds. The van der Waals surface area contributed by atoms with Gasteiger partial charge in [-0.2, -0.15) is 0 Å². The number of carbonyl (C=O) groups excluding carboxylic acids is 2. The molecule has 0 unspecified atom stereocenters. The normalized spacial score (nSPS) is 18.4. The van der Waals surface area contributed by atoms with Gasteiger partial charge in [-0.3, -0.25) is 9.59 Å². The van der Waals surface area contributed by atoms with Crippen molar-refractivity contribution in [2.75, 3.05) is 39.5 Å². The average molecular weight is 281 g/mol. The molecule has 0 fully saturated rings. The number of ether oxygens (including phenoxy) is 2. The maximum absolute atomic E-state index is 11.8. The minimum Gasteiger partial charge on any atom is -0.377 e. The molecule has 7 heteroatoms. The van der Waals surface area contributed by atoms with Crippen molar-refractivity contribution in [2.45, 2.75) is 0 Å². The van der Waals surface area contributed by atoms with Gasteiger partial charge >= 0.3 is 2.85 Å². The average Bonchev–Trinajstić information content (AvgIpc) is 2.48. The summed E-state index contributed by atoms with van der Waals surface area (Å²) in [5, 5.41) is 5.35. The molecule has 0 aromatic carbocycles. The molecule has 2 N–H and O–H groups in total. The van der Waals surface area contributed by atoms with Gasteiger partial charge in [0.1, 0.15) is 11.4 Å². The topological polar surface area (TPSA) is 89.5 Å². The molecule has 0 spiro atoms. The van der Waals surface area contributed by atoms with E-state index in [1.807, 2.05) is 0 Å². The van der Waals surface area contributed by atoms with Gasteiger partial charge in [0.15, 0.2) is 0 Å². The molecule has 0 saturated heterocycles. The van der Waals surface area contributed by atoms with E-state index in [0.29, 0.717) is 39.5 Å². The Labute approximate surface area is 119 Å². The molecule has 1 aromatic rings. The van der Waals surface area contributed by atoms with Crippen LogP contribution in [0.3, 0.4) is 0 Å². The Bertz CT molecular complexity index is 449. The van der Waals surface area contributed by atoms with Crippen LogP contribution in [0.5, 0.6) is 0 Å². The number of aromatic nitrogens is 1. The van der Waals surface area contributed by atoms with Crippen LogP contribution in [0.4, 0.5) is 0 Å². The number of pyridine rings is 1. The van der Waals surface area contributed by atoms with E-state index in [1.54, 1.807) is 18.2 Å². The number of carbonyl (C=O) groups is 2. The highest BCUT2D eigenvalue weighted by Crippen LogP contribution is 2.00. The standard InChI is InChI=1S/C13H17N3O4/c17-12-10-2-1-3-11(16-10)13(18)15-5-7-20-9-8-19-6-4-14-12/h1-3H,4-9H2,(H,14,17)(H,15,18)/p+2. The van der Waals surface area contributed by atoms with Crippen molar-refractivity contribution >= 4 is 11.8 Å². The summed E-state index contributed by atoms with van der Waals surface area (Å²) < 4.78 is 10.6. The number of amides is 2. The van der Waals surface area contributed by atoms with Gasteiger partial charge in [-0.1, -0.05) is 6.07 Å². The first-order valence-electron chi connectivity index (χ1n) is 6.46. The summed E-state index contributed by atoms with van der Waals surface area (Å²) in [5.74, 6) is -0.649. The summed E-state index contributed by atoms with van der Waals surface area (Å²) in [6, 6.07) is 4.75. The predicted octanol–water partition coefficient (Wildman–Crippen LogP) is -0.187. The lowest BCUT2D eigenvalue weighted by atomic mass is 10.2. The molecule has 0 atom stereocenters. The molecule has 1 aromatic heterocycles. The number of hydrogen-bond acceptors (Lipinski definition) is 5. The lowest BCUT2D eigenvalue weighted by molar-refractivity contribution is 0.0487. The summed E-state index contributed by atoms with van der Waals surface area (Å²) in [5.41, 5.74) is 0.424. The minimum absolute atomic E-state index is 0. The minimum atomic E-state index is -0.325. The van der Waals surface area contributed by atoms with E-state index in [2.05, 4.69) is 15.6 Å². The summed E-state index contributed by atoms with van der Waals surface area (Å²) in [6.45, 7) is 2.50. The Morgan fingerprint density at radius 1 is 0.900 bits per heavy atom. The van der Waals surface area contributed by atoms with Crippen LogP contribution in [-0.4, -0.2) is 56.3 Å². The molecule has 1 aliphatic heterocycles. The number of nitrogens with one attached hydrogen (secondary N) is 2. The zero-order valence-electron chi connectivity index (χ0n) is 13.1. The summed E-state index contributed by atoms with van der Waals surface area (Å²) >= 11 is 0. The van der Waals surface area contributed by atoms with Gasteiger partial charge in [0, 0.05) is 13.1 Å². The van der Waals surface area contributed by atoms with Crippen molar-refractivity contribution in [3.63, 3.8) is 0 Å². The first kappa shape index (κ1) is 14.4. The second kappa shape index (κ2) is 7.56. The molecule has 1 aliphatic rings. The summed E-state index contributed by atoms with van der Waals surface area (Å²) in [4.78, 5) is 27.7. The van der Waals surface area contributed by atoms with Crippen LogP contribution in [0.15, 0.2) is 18.2 Å². The molecule has 2 rings (SSSR count). The van der Waals surface area contributed by atoms with Gasteiger partial charge in [-0.15, -0.1) is 0 Å². The van der Waals surface area contributed by atoms with Gasteiger partial charge in [0.2, 0.25) is 0 Å². The van der Waals surface area contributed by atoms with E-state index in [4.69, 9.17) is 9.47 Å². The van der Waals surface area contributed by atoms with Crippen molar-refractivity contribution in [3.05, 3.63) is 29.6 Å². The van der Waals surface area contributed by atoms with Gasteiger partial charge in [-0.05, 0) is 12.1 Å². The third-order valence-electron chi connectivity index (χ3n) is 2.65. The number of rotatable bonds is 0. The molecule has 2 heterocycles. The van der Waals surface area contributed by atoms with Crippen molar-refractivity contribution in [1.29, 1.82) is 0 Å². The van der Waals surface area contributed by atoms with Crippen LogP contribution in [-0.2, 0) is 9.47 Å². The van der Waals surface area contributed by atoms with Crippen LogP contribution < -0.4 is 10.6 Å². The smallest absolute Gasteiger partial charge is 0.377 e. The summed E-state index contributed by atoms with van der Waals surface area (Å²) in [7, 11) is 0. The van der Waals surface area contributed by atoms with E-state index >= 15 is 0 Å². The maximum Gasteiger partial charge on any atom is 1.00 e. The fourth-order valence-electron chi connectivity index (χ4n) is 1.66. The van der Waals surface area contributed by atoms with Crippen LogP contribution in [0, 0.1) is 0 Å². The monoisotopic (exact) mass is 281 g/mol. The number of fused-ring (bicyclic) bond motifs is 2. The van der Waals surface area contributed by atoms with Crippen LogP contribution in [0.25, 0.3) is 0 Å². The van der Waals surface area contributed by atoms with Gasteiger partial charge in [0.25, 0.3) is 11.8 Å². The number of hydrogen-bond donors (Lipinski definition) is 2. The predicted molar refractivity (Wildman–Crippen MR) is 72.8 cm³/mol. The van der Waals surface area contributed by atoms with E-state index in [9.17, 15) is 9.59 Å². The molecule has 0 radical (unpaired) electrons. The largest absolute Gasteiger partial charge is 1.00 e. The van der Waals surface area contributed by atoms with Gasteiger partial charge in [-0.25, -0.2) is 4.98 Å². The van der Waals surface area contributed by atoms with Crippen molar-refractivity contribution in [3.8, 4) is 0 Å². The quantitative estimate of drug-likeness (QED) is 0.688. The SMILES string of the molecule is O=C1NCCOCCOCCNC(=O)c2cccc1n2.[H+].[H+]. The lowest BCUT2D eigenvalue weighted by Crippen LogP contribution is -2.30. The number of nitrogens with zero attached hydrogens (tertiary/aromatic N) is 1. The van der Waals surface area contributed by atoms with Crippen molar-refractivity contribution in [2.24, 2.45) is 0 Å². The van der Waals surface area contributed by atoms with Crippen molar-refractivity contribution < 1.29 is 21.9 Å². The van der Waals surface area contributed by atoms with E-state index in [-0.39, 0.29) is 26.1 Å². The highest BCUT2D eigenvalue weighted by Gasteiger charge is 2.12. The Morgan fingerprint density at radius 2 is 1.40 bits per heavy atom. The Morgan fingerprint density at radius 3 is 1.90 bits per heavy atom. The molecular formula is C13H19N3O4+2. The fraction of sp³-hybridized carbons (Fsp3) is 0.462. The van der Waals surface area contributed by atoms with E-state index < -0.39 is 0 Å². The van der Waals surface area contributed by atoms with Crippen LogP contribution >= 0.6 is 0 Å². The van der Waals surface area contributed by atoms with Crippen molar-refractivity contribution in [1.82, 2.24) is 15.6 Å². The fourth-order valence-corrected chi connectivity index (χ4v) is 1.66.